The van der Waals surface area contributed by atoms with Gasteiger partial charge in [-0.1, -0.05) is 60.7 Å². The van der Waals surface area contributed by atoms with Gasteiger partial charge in [-0.05, 0) is 5.56 Å². The van der Waals surface area contributed by atoms with Crippen LogP contribution in [-0.2, 0) is 13.6 Å². The molecular weight excluding hydrogens is 316 g/mol. The Morgan fingerprint density at radius 2 is 1.60 bits per heavy atom. The van der Waals surface area contributed by atoms with Crippen LogP contribution in [0.15, 0.2) is 70.3 Å². The fraction of sp³-hybridized carbons (Fsp3) is 0.105. The topological polar surface area (TPSA) is 72.7 Å². The lowest BCUT2D eigenvalue weighted by Crippen LogP contribution is -2.31. The lowest BCUT2D eigenvalue weighted by Gasteiger charge is -2.06. The molecule has 2 aromatic carbocycles. The Labute approximate surface area is 143 Å². The number of hydrogen-bond acceptors (Lipinski definition) is 3. The number of H-pyrrole nitrogens is 1. The maximum absolute atomic E-state index is 12.4. The summed E-state index contributed by atoms with van der Waals surface area (Å²) in [5.74, 6) is 0.647. The molecule has 6 nitrogen and oxygen atoms in total. The molecule has 124 valence electrons. The van der Waals surface area contributed by atoms with Crippen LogP contribution < -0.4 is 11.2 Å². The van der Waals surface area contributed by atoms with E-state index in [-0.39, 0.29) is 0 Å². The van der Waals surface area contributed by atoms with Gasteiger partial charge in [-0.25, -0.2) is 9.78 Å². The molecule has 4 rings (SSSR count). The van der Waals surface area contributed by atoms with Gasteiger partial charge in [0.25, 0.3) is 5.56 Å². The predicted molar refractivity (Wildman–Crippen MR) is 96.6 cm³/mol. The van der Waals surface area contributed by atoms with Crippen LogP contribution in [0, 0.1) is 0 Å². The fourth-order valence-electron chi connectivity index (χ4n) is 3.00. The van der Waals surface area contributed by atoms with Gasteiger partial charge in [-0.2, -0.15) is 0 Å². The van der Waals surface area contributed by atoms with Crippen LogP contribution >= 0.6 is 0 Å². The maximum Gasteiger partial charge on any atom is 0.330 e. The fourth-order valence-corrected chi connectivity index (χ4v) is 3.00. The number of fused-ring (bicyclic) bond motifs is 1. The van der Waals surface area contributed by atoms with Gasteiger partial charge in [0.05, 0.1) is 6.54 Å². The van der Waals surface area contributed by atoms with Crippen LogP contribution in [0.3, 0.4) is 0 Å². The smallest absolute Gasteiger partial charge is 0.321 e. The highest BCUT2D eigenvalue weighted by Crippen LogP contribution is 2.21. The first kappa shape index (κ1) is 15.1. The number of imidazole rings is 1. The van der Waals surface area contributed by atoms with Crippen LogP contribution in [0.2, 0.25) is 0 Å². The molecule has 1 N–H and O–H groups in total. The van der Waals surface area contributed by atoms with Crippen molar-refractivity contribution in [2.45, 2.75) is 6.54 Å². The van der Waals surface area contributed by atoms with Crippen molar-refractivity contribution in [1.82, 2.24) is 19.1 Å². The molecule has 0 amide bonds. The Bertz CT molecular complexity index is 1160. The van der Waals surface area contributed by atoms with Crippen LogP contribution in [0.5, 0.6) is 0 Å². The van der Waals surface area contributed by atoms with Crippen molar-refractivity contribution in [3.05, 3.63) is 87.1 Å². The Morgan fingerprint density at radius 3 is 2.28 bits per heavy atom. The summed E-state index contributed by atoms with van der Waals surface area (Å²) in [6.45, 7) is 0.345. The van der Waals surface area contributed by atoms with Gasteiger partial charge >= 0.3 is 5.69 Å². The van der Waals surface area contributed by atoms with Crippen LogP contribution in [0.1, 0.15) is 5.56 Å². The third-order valence-electron chi connectivity index (χ3n) is 4.23. The average Bonchev–Trinajstić information content (AvgIpc) is 2.98. The first-order chi connectivity index (χ1) is 12.1. The second-order valence-corrected chi connectivity index (χ2v) is 5.86. The number of rotatable bonds is 3. The minimum atomic E-state index is -0.459. The number of nitrogens with zero attached hydrogens (tertiary/aromatic N) is 3. The lowest BCUT2D eigenvalue weighted by atomic mass is 10.2. The summed E-state index contributed by atoms with van der Waals surface area (Å²) >= 11 is 0. The molecule has 0 aliphatic carbocycles. The van der Waals surface area contributed by atoms with Crippen molar-refractivity contribution < 1.29 is 0 Å². The van der Waals surface area contributed by atoms with Crippen molar-refractivity contribution in [2.24, 2.45) is 7.05 Å². The zero-order chi connectivity index (χ0) is 17.4. The summed E-state index contributed by atoms with van der Waals surface area (Å²) in [5.41, 5.74) is 1.73. The average molecular weight is 332 g/mol. The third kappa shape index (κ3) is 2.57. The Morgan fingerprint density at radius 1 is 0.960 bits per heavy atom. The van der Waals surface area contributed by atoms with Gasteiger partial charge < -0.3 is 4.57 Å². The lowest BCUT2D eigenvalue weighted by molar-refractivity contribution is 0.747. The molecule has 0 aliphatic heterocycles. The molecule has 2 heterocycles. The van der Waals surface area contributed by atoms with Crippen molar-refractivity contribution in [1.29, 1.82) is 0 Å². The van der Waals surface area contributed by atoms with E-state index < -0.39 is 11.2 Å². The van der Waals surface area contributed by atoms with Gasteiger partial charge in [-0.3, -0.25) is 14.3 Å². The largest absolute Gasteiger partial charge is 0.330 e. The third-order valence-corrected chi connectivity index (χ3v) is 4.23. The maximum atomic E-state index is 12.4. The summed E-state index contributed by atoms with van der Waals surface area (Å²) < 4.78 is 3.23. The van der Waals surface area contributed by atoms with Crippen LogP contribution in [0.25, 0.3) is 22.6 Å². The number of hydrogen-bond donors (Lipinski definition) is 1. The quantitative estimate of drug-likeness (QED) is 0.625. The summed E-state index contributed by atoms with van der Waals surface area (Å²) in [6.07, 6.45) is 0. The molecule has 2 aromatic heterocycles. The second-order valence-electron chi connectivity index (χ2n) is 5.86. The molecule has 0 aliphatic rings. The van der Waals surface area contributed by atoms with Gasteiger partial charge in [0.15, 0.2) is 11.2 Å². The van der Waals surface area contributed by atoms with Crippen molar-refractivity contribution in [2.75, 3.05) is 0 Å². The Kier molecular flexibility index (Phi) is 3.57. The zero-order valence-corrected chi connectivity index (χ0v) is 13.6. The minimum absolute atomic E-state index is 0.345. The molecule has 0 radical (unpaired) electrons. The highest BCUT2D eigenvalue weighted by molar-refractivity contribution is 5.76. The minimum Gasteiger partial charge on any atom is -0.321 e. The molecule has 0 unspecified atom stereocenters. The van der Waals surface area contributed by atoms with E-state index in [1.165, 1.54) is 4.57 Å². The molecule has 0 bridgehead atoms. The zero-order valence-electron chi connectivity index (χ0n) is 13.6. The molecular formula is C19H16N4O2. The summed E-state index contributed by atoms with van der Waals surface area (Å²) in [4.78, 5) is 31.7. The summed E-state index contributed by atoms with van der Waals surface area (Å²) in [6, 6.07) is 19.2. The Balaban J connectivity index is 1.98. The van der Waals surface area contributed by atoms with E-state index >= 15 is 0 Å². The number of aryl methyl sites for hydroxylation is 1. The van der Waals surface area contributed by atoms with Crippen molar-refractivity contribution >= 4 is 11.2 Å². The predicted octanol–water partition coefficient (Wildman–Crippen LogP) is 2.14. The molecule has 0 fully saturated rings. The highest BCUT2D eigenvalue weighted by Gasteiger charge is 2.17. The van der Waals surface area contributed by atoms with E-state index in [4.69, 9.17) is 0 Å². The highest BCUT2D eigenvalue weighted by atomic mass is 16.2. The normalized spacial score (nSPS) is 11.1. The van der Waals surface area contributed by atoms with E-state index in [0.29, 0.717) is 23.5 Å². The first-order valence-electron chi connectivity index (χ1n) is 7.94. The molecule has 0 saturated carbocycles. The van der Waals surface area contributed by atoms with Crippen LogP contribution in [-0.4, -0.2) is 19.1 Å². The Hall–Kier alpha value is -3.41. The van der Waals surface area contributed by atoms with E-state index in [1.54, 1.807) is 11.6 Å². The van der Waals surface area contributed by atoms with Crippen LogP contribution in [0.4, 0.5) is 0 Å². The molecule has 0 atom stereocenters. The van der Waals surface area contributed by atoms with E-state index in [2.05, 4.69) is 9.97 Å². The van der Waals surface area contributed by atoms with Gasteiger partial charge in [-0.15, -0.1) is 0 Å². The molecule has 25 heavy (non-hydrogen) atoms. The van der Waals surface area contributed by atoms with Gasteiger partial charge in [0, 0.05) is 12.6 Å². The summed E-state index contributed by atoms with van der Waals surface area (Å²) in [5, 5.41) is 0. The number of aromatic nitrogens is 4. The monoisotopic (exact) mass is 332 g/mol. The van der Waals surface area contributed by atoms with Gasteiger partial charge in [0.1, 0.15) is 5.82 Å². The molecule has 4 aromatic rings. The summed E-state index contributed by atoms with van der Waals surface area (Å²) in [7, 11) is 1.78. The second kappa shape index (κ2) is 5.90. The standard InChI is InChI=1S/C19H16N4O2/c1-22-15-17(20-16(22)14-10-6-3-7-11-14)23(19(25)21-18(15)24)12-13-8-4-2-5-9-13/h2-11H,12H2,1H3,(H,21,24,25). The molecule has 0 saturated heterocycles. The van der Waals surface area contributed by atoms with E-state index in [1.807, 2.05) is 60.7 Å². The van der Waals surface area contributed by atoms with Gasteiger partial charge in [0.2, 0.25) is 0 Å². The number of benzene rings is 2. The van der Waals surface area contributed by atoms with Crippen molar-refractivity contribution in [3.63, 3.8) is 0 Å². The number of nitrogens with one attached hydrogen (secondary N) is 1. The van der Waals surface area contributed by atoms with E-state index in [0.717, 1.165) is 11.1 Å². The van der Waals surface area contributed by atoms with Crippen molar-refractivity contribution in [3.8, 4) is 11.4 Å². The molecule has 6 heteroatoms. The molecule has 0 spiro atoms. The first-order valence-corrected chi connectivity index (χ1v) is 7.94. The van der Waals surface area contributed by atoms with E-state index in [9.17, 15) is 9.59 Å². The SMILES string of the molecule is Cn1c(-c2ccccc2)nc2c1c(=O)[nH]c(=O)n2Cc1ccccc1. The number of aromatic amines is 1.